The second kappa shape index (κ2) is 7.95. The second-order valence-electron chi connectivity index (χ2n) is 6.49. The topological polar surface area (TPSA) is 78.5 Å². The van der Waals surface area contributed by atoms with Gasteiger partial charge in [-0.1, -0.05) is 6.92 Å². The van der Waals surface area contributed by atoms with E-state index in [1.165, 1.54) is 13.8 Å². The number of nitrogens with one attached hydrogen (secondary N) is 2. The highest BCUT2D eigenvalue weighted by Gasteiger charge is 2.20. The number of carbonyl (C=O) groups excluding carboxylic acids is 3. The molecular formula is C18H25N3O3. The van der Waals surface area contributed by atoms with Gasteiger partial charge in [0, 0.05) is 43.9 Å². The molecule has 1 aromatic rings. The van der Waals surface area contributed by atoms with Crippen LogP contribution in [0.1, 0.15) is 50.4 Å². The molecule has 1 atom stereocenters. The number of carbonyl (C=O) groups is 3. The standard InChI is InChI=1S/C18H25N3O3/c1-12-5-4-7-21(8-6-12)18(24)15-9-16(19-13(2)22)11-17(10-15)20-14(3)23/h9-12H,4-8H2,1-3H3,(H,19,22)(H,20,23)/t12-/m0/s1. The fraction of sp³-hybridized carbons (Fsp3) is 0.500. The lowest BCUT2D eigenvalue weighted by Gasteiger charge is -2.21. The number of hydrogen-bond donors (Lipinski definition) is 2. The van der Waals surface area contributed by atoms with Crippen molar-refractivity contribution in [2.75, 3.05) is 23.7 Å². The highest BCUT2D eigenvalue weighted by Crippen LogP contribution is 2.23. The van der Waals surface area contributed by atoms with Crippen LogP contribution in [0, 0.1) is 5.92 Å². The molecule has 0 spiro atoms. The van der Waals surface area contributed by atoms with Crippen molar-refractivity contribution in [1.82, 2.24) is 4.90 Å². The molecule has 1 aliphatic heterocycles. The van der Waals surface area contributed by atoms with E-state index < -0.39 is 0 Å². The first-order valence-electron chi connectivity index (χ1n) is 8.34. The molecule has 1 aliphatic rings. The molecule has 1 saturated heterocycles. The molecule has 1 aromatic carbocycles. The predicted octanol–water partition coefficient (Wildman–Crippen LogP) is 2.87. The van der Waals surface area contributed by atoms with Crippen molar-refractivity contribution in [2.24, 2.45) is 5.92 Å². The van der Waals surface area contributed by atoms with Crippen molar-refractivity contribution in [3.8, 4) is 0 Å². The Labute approximate surface area is 142 Å². The molecule has 0 radical (unpaired) electrons. The fourth-order valence-corrected chi connectivity index (χ4v) is 2.95. The van der Waals surface area contributed by atoms with Crippen LogP contribution in [-0.4, -0.2) is 35.7 Å². The van der Waals surface area contributed by atoms with E-state index in [2.05, 4.69) is 17.6 Å². The smallest absolute Gasteiger partial charge is 0.254 e. The van der Waals surface area contributed by atoms with Crippen molar-refractivity contribution >= 4 is 29.1 Å². The van der Waals surface area contributed by atoms with Crippen LogP contribution in [0.2, 0.25) is 0 Å². The van der Waals surface area contributed by atoms with E-state index in [1.807, 2.05) is 4.90 Å². The van der Waals surface area contributed by atoms with Crippen molar-refractivity contribution in [1.29, 1.82) is 0 Å². The van der Waals surface area contributed by atoms with Gasteiger partial charge in [-0.3, -0.25) is 14.4 Å². The maximum atomic E-state index is 12.8. The summed E-state index contributed by atoms with van der Waals surface area (Å²) in [4.78, 5) is 37.3. The summed E-state index contributed by atoms with van der Waals surface area (Å²) in [5.74, 6) is 0.111. The number of benzene rings is 1. The van der Waals surface area contributed by atoms with Crippen molar-refractivity contribution in [3.05, 3.63) is 23.8 Å². The Bertz CT molecular complexity index is 608. The van der Waals surface area contributed by atoms with E-state index in [0.29, 0.717) is 22.9 Å². The third kappa shape index (κ3) is 5.08. The van der Waals surface area contributed by atoms with Gasteiger partial charge in [0.25, 0.3) is 5.91 Å². The van der Waals surface area contributed by atoms with E-state index in [9.17, 15) is 14.4 Å². The van der Waals surface area contributed by atoms with Crippen LogP contribution in [0.3, 0.4) is 0 Å². The molecule has 130 valence electrons. The normalized spacial score (nSPS) is 17.8. The van der Waals surface area contributed by atoms with Gasteiger partial charge in [0.1, 0.15) is 0 Å². The number of hydrogen-bond acceptors (Lipinski definition) is 3. The maximum absolute atomic E-state index is 12.8. The molecule has 6 heteroatoms. The van der Waals surface area contributed by atoms with Crippen molar-refractivity contribution in [2.45, 2.75) is 40.0 Å². The average molecular weight is 331 g/mol. The third-order valence-electron chi connectivity index (χ3n) is 4.12. The lowest BCUT2D eigenvalue weighted by Crippen LogP contribution is -2.32. The summed E-state index contributed by atoms with van der Waals surface area (Å²) in [7, 11) is 0. The molecule has 0 bridgehead atoms. The van der Waals surface area contributed by atoms with Gasteiger partial charge >= 0.3 is 0 Å². The molecule has 2 rings (SSSR count). The summed E-state index contributed by atoms with van der Waals surface area (Å²) in [5.41, 5.74) is 1.47. The minimum atomic E-state index is -0.225. The maximum Gasteiger partial charge on any atom is 0.254 e. The van der Waals surface area contributed by atoms with E-state index in [4.69, 9.17) is 0 Å². The largest absolute Gasteiger partial charge is 0.339 e. The lowest BCUT2D eigenvalue weighted by atomic mass is 10.0. The number of anilines is 2. The van der Waals surface area contributed by atoms with Gasteiger partial charge in [0.15, 0.2) is 0 Å². The van der Waals surface area contributed by atoms with Crippen LogP contribution < -0.4 is 10.6 Å². The van der Waals surface area contributed by atoms with Crippen molar-refractivity contribution < 1.29 is 14.4 Å². The average Bonchev–Trinajstić information content (AvgIpc) is 2.69. The Morgan fingerprint density at radius 2 is 1.54 bits per heavy atom. The van der Waals surface area contributed by atoms with E-state index >= 15 is 0 Å². The molecule has 0 aromatic heterocycles. The van der Waals surface area contributed by atoms with Crippen LogP contribution in [0.5, 0.6) is 0 Å². The monoisotopic (exact) mass is 331 g/mol. The number of nitrogens with zero attached hydrogens (tertiary/aromatic N) is 1. The van der Waals surface area contributed by atoms with Crippen molar-refractivity contribution in [3.63, 3.8) is 0 Å². The predicted molar refractivity (Wildman–Crippen MR) is 94.0 cm³/mol. The molecular weight excluding hydrogens is 306 g/mol. The molecule has 1 fully saturated rings. The number of likely N-dealkylation sites (tertiary alicyclic amines) is 1. The van der Waals surface area contributed by atoms with Gasteiger partial charge in [0.2, 0.25) is 11.8 Å². The van der Waals surface area contributed by atoms with Gasteiger partial charge in [-0.15, -0.1) is 0 Å². The number of amides is 3. The van der Waals surface area contributed by atoms with Crippen LogP contribution in [0.4, 0.5) is 11.4 Å². The fourth-order valence-electron chi connectivity index (χ4n) is 2.95. The van der Waals surface area contributed by atoms with E-state index in [0.717, 1.165) is 32.4 Å². The first-order chi connectivity index (χ1) is 11.3. The van der Waals surface area contributed by atoms with Crippen LogP contribution in [-0.2, 0) is 9.59 Å². The highest BCUT2D eigenvalue weighted by atomic mass is 16.2. The SMILES string of the molecule is CC(=O)Nc1cc(NC(C)=O)cc(C(=O)N2CCC[C@H](C)CC2)c1. The molecule has 0 saturated carbocycles. The first-order valence-corrected chi connectivity index (χ1v) is 8.34. The van der Waals surface area contributed by atoms with Gasteiger partial charge in [-0.25, -0.2) is 0 Å². The summed E-state index contributed by atoms with van der Waals surface area (Å²) in [5, 5.41) is 5.35. The molecule has 0 aliphatic carbocycles. The highest BCUT2D eigenvalue weighted by molar-refractivity contribution is 6.00. The molecule has 6 nitrogen and oxygen atoms in total. The van der Waals surface area contributed by atoms with Gasteiger partial charge < -0.3 is 15.5 Å². The summed E-state index contributed by atoms with van der Waals surface area (Å²) in [6.45, 7) is 6.49. The summed E-state index contributed by atoms with van der Waals surface area (Å²) >= 11 is 0. The Morgan fingerprint density at radius 3 is 2.08 bits per heavy atom. The Balaban J connectivity index is 2.27. The lowest BCUT2D eigenvalue weighted by molar-refractivity contribution is -0.115. The Morgan fingerprint density at radius 1 is 0.958 bits per heavy atom. The van der Waals surface area contributed by atoms with E-state index in [1.54, 1.807) is 18.2 Å². The minimum absolute atomic E-state index is 0.0668. The van der Waals surface area contributed by atoms with Crippen LogP contribution in [0.15, 0.2) is 18.2 Å². The summed E-state index contributed by atoms with van der Waals surface area (Å²) < 4.78 is 0. The molecule has 1 heterocycles. The minimum Gasteiger partial charge on any atom is -0.339 e. The second-order valence-corrected chi connectivity index (χ2v) is 6.49. The molecule has 3 amide bonds. The molecule has 2 N–H and O–H groups in total. The quantitative estimate of drug-likeness (QED) is 0.894. The molecule has 24 heavy (non-hydrogen) atoms. The number of rotatable bonds is 3. The third-order valence-corrected chi connectivity index (χ3v) is 4.12. The summed E-state index contributed by atoms with van der Waals surface area (Å²) in [6, 6.07) is 4.96. The van der Waals surface area contributed by atoms with Gasteiger partial charge in [-0.2, -0.15) is 0 Å². The zero-order chi connectivity index (χ0) is 17.7. The van der Waals surface area contributed by atoms with E-state index in [-0.39, 0.29) is 17.7 Å². The van der Waals surface area contributed by atoms with Gasteiger partial charge in [-0.05, 0) is 43.4 Å². The first kappa shape index (κ1) is 18.0. The zero-order valence-corrected chi connectivity index (χ0v) is 14.5. The Hall–Kier alpha value is -2.37. The zero-order valence-electron chi connectivity index (χ0n) is 14.5. The summed E-state index contributed by atoms with van der Waals surface area (Å²) in [6.07, 6.45) is 3.12. The van der Waals surface area contributed by atoms with Gasteiger partial charge in [0.05, 0.1) is 0 Å². The molecule has 0 unspecified atom stereocenters. The van der Waals surface area contributed by atoms with Crippen LogP contribution >= 0.6 is 0 Å². The Kier molecular flexibility index (Phi) is 5.95. The van der Waals surface area contributed by atoms with Crippen LogP contribution in [0.25, 0.3) is 0 Å².